The van der Waals surface area contributed by atoms with Gasteiger partial charge in [0.05, 0.1) is 4.92 Å². The van der Waals surface area contributed by atoms with E-state index in [1.54, 1.807) is 0 Å². The van der Waals surface area contributed by atoms with Gasteiger partial charge < -0.3 is 5.43 Å². The molecular formula is C9H14N4O4S2. The van der Waals surface area contributed by atoms with Crippen molar-refractivity contribution in [3.05, 3.63) is 16.2 Å². The van der Waals surface area contributed by atoms with Crippen molar-refractivity contribution in [2.24, 2.45) is 11.8 Å². The summed E-state index contributed by atoms with van der Waals surface area (Å²) < 4.78 is 26.6. The second-order valence-corrected chi connectivity index (χ2v) is 7.31. The summed E-state index contributed by atoms with van der Waals surface area (Å²) in [5, 5.41) is 10.8. The van der Waals surface area contributed by atoms with E-state index in [1.165, 1.54) is 0 Å². The van der Waals surface area contributed by atoms with Gasteiger partial charge in [-0.15, -0.1) is 0 Å². The van der Waals surface area contributed by atoms with Gasteiger partial charge >= 0.3 is 5.69 Å². The van der Waals surface area contributed by atoms with Gasteiger partial charge in [0.1, 0.15) is 4.21 Å². The van der Waals surface area contributed by atoms with Crippen molar-refractivity contribution in [2.75, 3.05) is 5.43 Å². The molecule has 0 aliphatic heterocycles. The number of hydrogen-bond donors (Lipinski definition) is 3. The maximum atomic E-state index is 12.1. The van der Waals surface area contributed by atoms with E-state index in [2.05, 4.69) is 10.1 Å². The molecule has 1 saturated carbocycles. The van der Waals surface area contributed by atoms with E-state index in [-0.39, 0.29) is 20.9 Å². The fourth-order valence-electron chi connectivity index (χ4n) is 1.83. The van der Waals surface area contributed by atoms with Gasteiger partial charge in [0.15, 0.2) is 5.00 Å². The molecule has 8 nitrogen and oxygen atoms in total. The van der Waals surface area contributed by atoms with Crippen LogP contribution in [0.3, 0.4) is 0 Å². The van der Waals surface area contributed by atoms with Gasteiger partial charge in [0.2, 0.25) is 0 Å². The lowest BCUT2D eigenvalue weighted by Gasteiger charge is -2.02. The number of sulfonamides is 1. The maximum absolute atomic E-state index is 12.1. The van der Waals surface area contributed by atoms with Crippen LogP contribution in [-0.2, 0) is 10.0 Å². The predicted molar refractivity (Wildman–Crippen MR) is 71.3 cm³/mol. The van der Waals surface area contributed by atoms with Crippen LogP contribution in [0.1, 0.15) is 19.8 Å². The van der Waals surface area contributed by atoms with Gasteiger partial charge in [0, 0.05) is 12.1 Å². The molecule has 0 bridgehead atoms. The summed E-state index contributed by atoms with van der Waals surface area (Å²) >= 11 is 0.745. The van der Waals surface area contributed by atoms with Crippen molar-refractivity contribution >= 4 is 32.0 Å². The Kier molecular flexibility index (Phi) is 3.76. The normalized spacial score (nSPS) is 22.2. The Balaban J connectivity index is 2.23. The maximum Gasteiger partial charge on any atom is 0.306 e. The van der Waals surface area contributed by atoms with Crippen molar-refractivity contribution in [1.82, 2.24) is 4.72 Å². The zero-order chi connectivity index (χ0) is 14.2. The molecule has 1 aromatic rings. The molecule has 4 N–H and O–H groups in total. The second-order valence-electron chi connectivity index (χ2n) is 4.31. The average Bonchev–Trinajstić information content (AvgIpc) is 2.92. The number of nitrogens with one attached hydrogen (secondary N) is 2. The lowest BCUT2D eigenvalue weighted by molar-refractivity contribution is -0.383. The van der Waals surface area contributed by atoms with Crippen LogP contribution in [-0.4, -0.2) is 19.4 Å². The first kappa shape index (κ1) is 14.2. The molecule has 0 aromatic carbocycles. The fraction of sp³-hybridized carbons (Fsp3) is 0.556. The molecule has 1 aromatic heterocycles. The molecule has 106 valence electrons. The number of nitrogens with two attached hydrogens (primary N) is 1. The Morgan fingerprint density at radius 3 is 2.74 bits per heavy atom. The van der Waals surface area contributed by atoms with E-state index < -0.39 is 14.9 Å². The monoisotopic (exact) mass is 306 g/mol. The minimum atomic E-state index is -3.72. The smallest absolute Gasteiger partial charge is 0.306 e. The molecule has 1 fully saturated rings. The summed E-state index contributed by atoms with van der Waals surface area (Å²) in [4.78, 5) is 10.1. The third-order valence-corrected chi connectivity index (χ3v) is 6.06. The summed E-state index contributed by atoms with van der Waals surface area (Å²) in [7, 11) is -3.72. The Hall–Kier alpha value is -1.23. The molecule has 2 unspecified atom stereocenters. The molecule has 1 aliphatic carbocycles. The number of hydrogen-bond acceptors (Lipinski definition) is 7. The summed E-state index contributed by atoms with van der Waals surface area (Å²) in [5.74, 6) is 5.50. The molecular weight excluding hydrogens is 292 g/mol. The first-order valence-electron chi connectivity index (χ1n) is 5.66. The lowest BCUT2D eigenvalue weighted by Crippen LogP contribution is -2.26. The van der Waals surface area contributed by atoms with Crippen molar-refractivity contribution in [3.8, 4) is 0 Å². The van der Waals surface area contributed by atoms with Crippen LogP contribution in [0.25, 0.3) is 0 Å². The second kappa shape index (κ2) is 5.04. The van der Waals surface area contributed by atoms with Crippen LogP contribution < -0.4 is 16.0 Å². The van der Waals surface area contributed by atoms with E-state index in [0.29, 0.717) is 5.92 Å². The first-order valence-corrected chi connectivity index (χ1v) is 7.96. The largest absolute Gasteiger partial charge is 0.310 e. The quantitative estimate of drug-likeness (QED) is 0.409. The molecule has 2 atom stereocenters. The van der Waals surface area contributed by atoms with E-state index in [4.69, 9.17) is 5.84 Å². The molecule has 0 saturated heterocycles. The van der Waals surface area contributed by atoms with Crippen LogP contribution in [0.2, 0.25) is 0 Å². The van der Waals surface area contributed by atoms with Crippen molar-refractivity contribution < 1.29 is 13.3 Å². The zero-order valence-corrected chi connectivity index (χ0v) is 11.8. The minimum Gasteiger partial charge on any atom is -0.310 e. The van der Waals surface area contributed by atoms with E-state index in [9.17, 15) is 18.5 Å². The van der Waals surface area contributed by atoms with Gasteiger partial charge in [-0.2, -0.15) is 0 Å². The third-order valence-electron chi connectivity index (χ3n) is 3.04. The van der Waals surface area contributed by atoms with Gasteiger partial charge in [0.25, 0.3) is 10.0 Å². The Morgan fingerprint density at radius 2 is 2.32 bits per heavy atom. The SMILES string of the molecule is CCC1CC1NS(=O)(=O)c1cc([N+](=O)[O-])c(NN)s1. The number of anilines is 1. The molecule has 19 heavy (non-hydrogen) atoms. The average molecular weight is 306 g/mol. The standard InChI is InChI=1S/C9H14N4O4S2/c1-2-5-3-6(5)12-19(16,17)8-4-7(13(14)15)9(11-10)18-8/h4-6,11-12H,2-3,10H2,1H3. The third kappa shape index (κ3) is 2.86. The Bertz CT molecular complexity index is 597. The van der Waals surface area contributed by atoms with Crippen LogP contribution in [0.5, 0.6) is 0 Å². The van der Waals surface area contributed by atoms with Crippen LogP contribution in [0, 0.1) is 16.0 Å². The number of nitrogen functional groups attached to an aromatic ring is 1. The Labute approximate surface area is 114 Å². The number of nitrogens with zero attached hydrogens (tertiary/aromatic N) is 1. The van der Waals surface area contributed by atoms with Crippen molar-refractivity contribution in [1.29, 1.82) is 0 Å². The molecule has 0 spiro atoms. The molecule has 1 heterocycles. The molecule has 0 radical (unpaired) electrons. The number of hydrazine groups is 1. The van der Waals surface area contributed by atoms with Crippen molar-refractivity contribution in [3.63, 3.8) is 0 Å². The topological polar surface area (TPSA) is 127 Å². The summed E-state index contributed by atoms with van der Waals surface area (Å²) in [6.07, 6.45) is 1.72. The van der Waals surface area contributed by atoms with Crippen LogP contribution in [0.15, 0.2) is 10.3 Å². The first-order chi connectivity index (χ1) is 8.89. The van der Waals surface area contributed by atoms with Gasteiger partial charge in [-0.05, 0) is 12.3 Å². The van der Waals surface area contributed by atoms with Crippen LogP contribution >= 0.6 is 11.3 Å². The lowest BCUT2D eigenvalue weighted by atomic mass is 10.3. The number of thiophene rings is 1. The van der Waals surface area contributed by atoms with Crippen molar-refractivity contribution in [2.45, 2.75) is 30.0 Å². The molecule has 1 aliphatic rings. The van der Waals surface area contributed by atoms with Crippen LogP contribution in [0.4, 0.5) is 10.7 Å². The summed E-state index contributed by atoms with van der Waals surface area (Å²) in [5.41, 5.74) is 1.81. The van der Waals surface area contributed by atoms with E-state index >= 15 is 0 Å². The Morgan fingerprint density at radius 1 is 1.63 bits per heavy atom. The highest BCUT2D eigenvalue weighted by Gasteiger charge is 2.39. The molecule has 10 heteroatoms. The summed E-state index contributed by atoms with van der Waals surface area (Å²) in [6.45, 7) is 1.99. The zero-order valence-electron chi connectivity index (χ0n) is 10.1. The summed E-state index contributed by atoms with van der Waals surface area (Å²) in [6, 6.07) is 0.955. The minimum absolute atomic E-state index is 0.0215. The highest BCUT2D eigenvalue weighted by molar-refractivity contribution is 7.91. The fourth-order valence-corrected chi connectivity index (χ4v) is 4.40. The van der Waals surface area contributed by atoms with Gasteiger partial charge in [-0.25, -0.2) is 19.0 Å². The highest BCUT2D eigenvalue weighted by atomic mass is 32.2. The number of nitro groups is 1. The van der Waals surface area contributed by atoms with E-state index in [1.807, 2.05) is 6.92 Å². The van der Waals surface area contributed by atoms with Gasteiger partial charge in [-0.3, -0.25) is 10.1 Å². The van der Waals surface area contributed by atoms with Gasteiger partial charge in [-0.1, -0.05) is 24.7 Å². The predicted octanol–water partition coefficient (Wildman–Crippen LogP) is 1.02. The highest BCUT2D eigenvalue weighted by Crippen LogP contribution is 2.38. The molecule has 0 amide bonds. The van der Waals surface area contributed by atoms with E-state index in [0.717, 1.165) is 30.2 Å². The number of rotatable bonds is 6. The molecule has 2 rings (SSSR count).